The Labute approximate surface area is 249 Å². The van der Waals surface area contributed by atoms with Gasteiger partial charge in [0.25, 0.3) is 0 Å². The van der Waals surface area contributed by atoms with E-state index in [0.29, 0.717) is 17.7 Å². The standard InChI is InChI=1S/C34H42N2O2S.ClH/c1-25-24-36(18-8-12-26-10-3-2-4-11-26)29-21-28(22-34(25,23-29)27-13-7-14-30(37)20-27)35-32(38)33(16-5-6-17-33)31-15-9-19-39-31;/h2-4,7,9-11,13-15,19-20,25,28-29,37H,5-6,8,12,16-18,21-24H2,1H3,(H,35,38);1H/t25-,28+,29+,34+;/m0./s1. The average Bonchev–Trinajstić information content (AvgIpc) is 3.66. The Morgan fingerprint density at radius 3 is 2.58 bits per heavy atom. The van der Waals surface area contributed by atoms with Crippen LogP contribution >= 0.6 is 23.7 Å². The van der Waals surface area contributed by atoms with Crippen molar-refractivity contribution in [3.63, 3.8) is 0 Å². The second-order valence-electron chi connectivity index (χ2n) is 12.4. The van der Waals surface area contributed by atoms with Crippen molar-refractivity contribution in [2.24, 2.45) is 5.92 Å². The van der Waals surface area contributed by atoms with Crippen molar-refractivity contribution in [1.29, 1.82) is 0 Å². The van der Waals surface area contributed by atoms with Crippen LogP contribution in [0.15, 0.2) is 72.1 Å². The lowest BCUT2D eigenvalue weighted by atomic mass is 9.57. The molecule has 6 heteroatoms. The number of piperidine rings is 1. The van der Waals surface area contributed by atoms with Crippen molar-refractivity contribution in [1.82, 2.24) is 10.2 Å². The predicted molar refractivity (Wildman–Crippen MR) is 167 cm³/mol. The Kier molecular flexibility index (Phi) is 8.94. The van der Waals surface area contributed by atoms with Gasteiger partial charge in [0, 0.05) is 28.9 Å². The van der Waals surface area contributed by atoms with Gasteiger partial charge in [-0.15, -0.1) is 23.7 Å². The summed E-state index contributed by atoms with van der Waals surface area (Å²) in [6.45, 7) is 4.54. The molecule has 4 nitrogen and oxygen atoms in total. The van der Waals surface area contributed by atoms with Crippen molar-refractivity contribution >= 4 is 29.7 Å². The van der Waals surface area contributed by atoms with Crippen LogP contribution in [0.3, 0.4) is 0 Å². The van der Waals surface area contributed by atoms with E-state index in [4.69, 9.17) is 0 Å². The zero-order valence-electron chi connectivity index (χ0n) is 23.6. The molecule has 2 bridgehead atoms. The quantitative estimate of drug-likeness (QED) is 0.296. The fourth-order valence-electron chi connectivity index (χ4n) is 8.08. The average molecular weight is 579 g/mol. The number of benzene rings is 2. The molecule has 1 aromatic heterocycles. The minimum absolute atomic E-state index is 0. The number of rotatable bonds is 8. The first kappa shape index (κ1) is 29.2. The fraction of sp³-hybridized carbons (Fsp3) is 0.500. The van der Waals surface area contributed by atoms with Crippen molar-refractivity contribution in [3.8, 4) is 5.75 Å². The third-order valence-electron chi connectivity index (χ3n) is 10.1. The number of likely N-dealkylation sites (tertiary alicyclic amines) is 1. The van der Waals surface area contributed by atoms with Crippen molar-refractivity contribution in [2.45, 2.75) is 87.6 Å². The summed E-state index contributed by atoms with van der Waals surface area (Å²) in [5, 5.41) is 16.2. The van der Waals surface area contributed by atoms with Gasteiger partial charge in [-0.25, -0.2) is 0 Å². The van der Waals surface area contributed by atoms with E-state index in [9.17, 15) is 9.90 Å². The second-order valence-corrected chi connectivity index (χ2v) is 13.4. The number of aryl methyl sites for hydroxylation is 1. The topological polar surface area (TPSA) is 52.6 Å². The van der Waals surface area contributed by atoms with E-state index in [-0.39, 0.29) is 35.2 Å². The third-order valence-corrected chi connectivity index (χ3v) is 11.2. The molecule has 0 spiro atoms. The first-order valence-corrected chi connectivity index (χ1v) is 15.8. The van der Waals surface area contributed by atoms with Crippen LogP contribution in [0.5, 0.6) is 5.75 Å². The molecule has 0 unspecified atom stereocenters. The molecule has 1 aliphatic heterocycles. The molecule has 2 aromatic carbocycles. The number of nitrogens with zero attached hydrogens (tertiary/aromatic N) is 1. The molecule has 2 saturated carbocycles. The van der Waals surface area contributed by atoms with Gasteiger partial charge in [0.2, 0.25) is 5.91 Å². The Hall–Kier alpha value is -2.34. The maximum Gasteiger partial charge on any atom is 0.231 e. The minimum atomic E-state index is -0.361. The highest BCUT2D eigenvalue weighted by molar-refractivity contribution is 7.10. The highest BCUT2D eigenvalue weighted by atomic mass is 35.5. The number of nitrogens with one attached hydrogen (secondary N) is 1. The number of amides is 1. The fourth-order valence-corrected chi connectivity index (χ4v) is 9.07. The normalized spacial score (nSPS) is 27.6. The highest BCUT2D eigenvalue weighted by Crippen LogP contribution is 2.51. The van der Waals surface area contributed by atoms with E-state index in [0.717, 1.165) is 70.9 Å². The number of fused-ring (bicyclic) bond motifs is 2. The van der Waals surface area contributed by atoms with Gasteiger partial charge in [-0.05, 0) is 92.1 Å². The van der Waals surface area contributed by atoms with Gasteiger partial charge in [-0.1, -0.05) is 68.3 Å². The molecule has 2 heterocycles. The van der Waals surface area contributed by atoms with Gasteiger partial charge in [0.15, 0.2) is 0 Å². The van der Waals surface area contributed by atoms with Crippen LogP contribution in [0.1, 0.15) is 74.3 Å². The molecule has 3 fully saturated rings. The van der Waals surface area contributed by atoms with Crippen LogP contribution in [0.2, 0.25) is 0 Å². The molecule has 1 amide bonds. The maximum atomic E-state index is 14.1. The highest BCUT2D eigenvalue weighted by Gasteiger charge is 2.52. The number of hydrogen-bond acceptors (Lipinski definition) is 4. The number of carbonyl (C=O) groups is 1. The molecule has 4 atom stereocenters. The lowest BCUT2D eigenvalue weighted by molar-refractivity contribution is -0.128. The second kappa shape index (κ2) is 12.3. The Bertz CT molecular complexity index is 1260. The number of aromatic hydroxyl groups is 1. The zero-order valence-corrected chi connectivity index (χ0v) is 25.2. The van der Waals surface area contributed by atoms with Gasteiger partial charge >= 0.3 is 0 Å². The predicted octanol–water partition coefficient (Wildman–Crippen LogP) is 7.25. The van der Waals surface area contributed by atoms with Gasteiger partial charge in [0.1, 0.15) is 5.75 Å². The lowest BCUT2D eigenvalue weighted by Gasteiger charge is -2.57. The minimum Gasteiger partial charge on any atom is -0.508 e. The Morgan fingerprint density at radius 1 is 1.05 bits per heavy atom. The van der Waals surface area contributed by atoms with Crippen LogP contribution in [0.25, 0.3) is 0 Å². The molecule has 214 valence electrons. The summed E-state index contributed by atoms with van der Waals surface area (Å²) in [5.74, 6) is 1.01. The molecular weight excluding hydrogens is 536 g/mol. The van der Waals surface area contributed by atoms with Gasteiger partial charge in [-0.2, -0.15) is 0 Å². The van der Waals surface area contributed by atoms with Crippen LogP contribution in [-0.4, -0.2) is 41.1 Å². The smallest absolute Gasteiger partial charge is 0.231 e. The number of phenols is 1. The largest absolute Gasteiger partial charge is 0.508 e. The number of phenolic OH excluding ortho intramolecular Hbond substituents is 1. The summed E-state index contributed by atoms with van der Waals surface area (Å²) in [7, 11) is 0. The van der Waals surface area contributed by atoms with Gasteiger partial charge in [0.05, 0.1) is 5.41 Å². The van der Waals surface area contributed by atoms with Crippen molar-refractivity contribution < 1.29 is 9.90 Å². The number of carbonyl (C=O) groups excluding carboxylic acids is 1. The molecule has 2 aliphatic carbocycles. The van der Waals surface area contributed by atoms with Crippen molar-refractivity contribution in [2.75, 3.05) is 13.1 Å². The lowest BCUT2D eigenvalue weighted by Crippen LogP contribution is -2.62. The summed E-state index contributed by atoms with van der Waals surface area (Å²) in [6, 6.07) is 23.5. The summed E-state index contributed by atoms with van der Waals surface area (Å²) in [4.78, 5) is 18.0. The number of thiophene rings is 1. The molecule has 1 saturated heterocycles. The van der Waals surface area contributed by atoms with Crippen LogP contribution in [0.4, 0.5) is 0 Å². The summed E-state index contributed by atoms with van der Waals surface area (Å²) >= 11 is 1.74. The first-order valence-electron chi connectivity index (χ1n) is 14.9. The molecule has 40 heavy (non-hydrogen) atoms. The Balaban J connectivity index is 0.00000323. The van der Waals surface area contributed by atoms with E-state index in [1.54, 1.807) is 17.4 Å². The summed E-state index contributed by atoms with van der Waals surface area (Å²) in [6.07, 6.45) is 9.43. The third kappa shape index (κ3) is 5.57. The zero-order chi connectivity index (χ0) is 26.9. The van der Waals surface area contributed by atoms with Gasteiger partial charge < -0.3 is 10.4 Å². The van der Waals surface area contributed by atoms with E-state index in [1.807, 2.05) is 12.1 Å². The van der Waals surface area contributed by atoms with E-state index >= 15 is 0 Å². The van der Waals surface area contributed by atoms with E-state index in [1.165, 1.54) is 16.0 Å². The van der Waals surface area contributed by atoms with Crippen LogP contribution in [0, 0.1) is 5.92 Å². The summed E-state index contributed by atoms with van der Waals surface area (Å²) in [5.41, 5.74) is 2.24. The molecular formula is C34H43ClN2O2S. The summed E-state index contributed by atoms with van der Waals surface area (Å²) < 4.78 is 0. The molecule has 3 aliphatic rings. The molecule has 0 radical (unpaired) electrons. The number of hydrogen-bond donors (Lipinski definition) is 2. The molecule has 6 rings (SSSR count). The molecule has 2 N–H and O–H groups in total. The number of halogens is 1. The van der Waals surface area contributed by atoms with Crippen molar-refractivity contribution in [3.05, 3.63) is 88.1 Å². The van der Waals surface area contributed by atoms with Crippen LogP contribution in [-0.2, 0) is 22.0 Å². The van der Waals surface area contributed by atoms with E-state index < -0.39 is 0 Å². The van der Waals surface area contributed by atoms with Gasteiger partial charge in [-0.3, -0.25) is 9.69 Å². The SMILES string of the molecule is C[C@H]1CN(CCCc2ccccc2)[C@@H]2C[C@@H](NC(=O)C3(c4cccs4)CCCC3)C[C@@]1(c1cccc(O)c1)C2.Cl. The van der Waals surface area contributed by atoms with E-state index in [2.05, 4.69) is 71.1 Å². The van der Waals surface area contributed by atoms with Crippen LogP contribution < -0.4 is 5.32 Å². The maximum absolute atomic E-state index is 14.1. The molecule has 3 aromatic rings. The Morgan fingerprint density at radius 2 is 1.85 bits per heavy atom. The first-order chi connectivity index (χ1) is 19.0. The monoisotopic (exact) mass is 578 g/mol.